The molecule has 2 rings (SSSR count). The Morgan fingerprint density at radius 2 is 2.06 bits per heavy atom. The molecule has 2 N–H and O–H groups in total. The third-order valence-electron chi connectivity index (χ3n) is 4.72. The van der Waals surface area contributed by atoms with E-state index in [2.05, 4.69) is 0 Å². The summed E-state index contributed by atoms with van der Waals surface area (Å²) in [6, 6.07) is 0. The molecule has 0 radical (unpaired) electrons. The summed E-state index contributed by atoms with van der Waals surface area (Å²) in [4.78, 5) is 13.9. The summed E-state index contributed by atoms with van der Waals surface area (Å²) < 4.78 is 0. The van der Waals surface area contributed by atoms with Gasteiger partial charge in [-0.25, -0.2) is 0 Å². The van der Waals surface area contributed by atoms with Gasteiger partial charge in [-0.2, -0.15) is 0 Å². The molecule has 1 aliphatic heterocycles. The first-order chi connectivity index (χ1) is 7.68. The average molecular weight is 224 g/mol. The third kappa shape index (κ3) is 2.10. The van der Waals surface area contributed by atoms with Crippen molar-refractivity contribution in [2.75, 3.05) is 20.1 Å². The Hall–Kier alpha value is -0.570. The normalized spacial score (nSPS) is 33.1. The molecule has 0 aromatic carbocycles. The van der Waals surface area contributed by atoms with Crippen molar-refractivity contribution in [2.24, 2.45) is 17.1 Å². The number of rotatable bonds is 2. The number of carbonyl (C=O) groups is 1. The second-order valence-electron chi connectivity index (χ2n) is 5.64. The minimum Gasteiger partial charge on any atom is -0.346 e. The Morgan fingerprint density at radius 3 is 2.69 bits per heavy atom. The van der Waals surface area contributed by atoms with Crippen molar-refractivity contribution in [3.63, 3.8) is 0 Å². The van der Waals surface area contributed by atoms with Crippen LogP contribution in [0.15, 0.2) is 0 Å². The van der Waals surface area contributed by atoms with Crippen LogP contribution in [0.2, 0.25) is 0 Å². The van der Waals surface area contributed by atoms with Crippen molar-refractivity contribution < 1.29 is 4.79 Å². The number of likely N-dealkylation sites (tertiary alicyclic amines) is 1. The fourth-order valence-electron chi connectivity index (χ4n) is 3.55. The number of nitrogens with zero attached hydrogens (tertiary/aromatic N) is 1. The van der Waals surface area contributed by atoms with E-state index >= 15 is 0 Å². The first-order valence-corrected chi connectivity index (χ1v) is 6.62. The fourth-order valence-corrected chi connectivity index (χ4v) is 3.55. The SMILES string of the molecule is CN1CCCC(CN)(C2CCCC2)CC1=O. The molecule has 92 valence electrons. The Labute approximate surface area is 98.4 Å². The van der Waals surface area contributed by atoms with Gasteiger partial charge in [-0.1, -0.05) is 12.8 Å². The van der Waals surface area contributed by atoms with E-state index in [1.807, 2.05) is 11.9 Å². The van der Waals surface area contributed by atoms with Gasteiger partial charge in [0.25, 0.3) is 0 Å². The van der Waals surface area contributed by atoms with Crippen molar-refractivity contribution in [1.29, 1.82) is 0 Å². The van der Waals surface area contributed by atoms with E-state index in [1.54, 1.807) is 0 Å². The topological polar surface area (TPSA) is 46.3 Å². The molecular formula is C13H24N2O. The summed E-state index contributed by atoms with van der Waals surface area (Å²) >= 11 is 0. The Balaban J connectivity index is 2.15. The Bertz CT molecular complexity index is 261. The summed E-state index contributed by atoms with van der Waals surface area (Å²) in [6.07, 6.45) is 8.18. The predicted octanol–water partition coefficient (Wildman–Crippen LogP) is 1.76. The van der Waals surface area contributed by atoms with Crippen molar-refractivity contribution >= 4 is 5.91 Å². The zero-order valence-corrected chi connectivity index (χ0v) is 10.4. The van der Waals surface area contributed by atoms with Crippen LogP contribution < -0.4 is 5.73 Å². The number of nitrogens with two attached hydrogens (primary N) is 1. The van der Waals surface area contributed by atoms with E-state index in [0.29, 0.717) is 24.8 Å². The smallest absolute Gasteiger partial charge is 0.222 e. The standard InChI is InChI=1S/C13H24N2O/c1-15-8-4-7-13(10-14,9-12(15)16)11-5-2-3-6-11/h11H,2-10,14H2,1H3. The summed E-state index contributed by atoms with van der Waals surface area (Å²) in [5.41, 5.74) is 6.15. The maximum atomic E-state index is 12.0. The van der Waals surface area contributed by atoms with Crippen LogP contribution in [0.5, 0.6) is 0 Å². The van der Waals surface area contributed by atoms with Crippen molar-refractivity contribution in [1.82, 2.24) is 4.90 Å². The van der Waals surface area contributed by atoms with Gasteiger partial charge in [0.1, 0.15) is 0 Å². The van der Waals surface area contributed by atoms with Gasteiger partial charge in [0.2, 0.25) is 5.91 Å². The zero-order valence-electron chi connectivity index (χ0n) is 10.4. The van der Waals surface area contributed by atoms with E-state index in [4.69, 9.17) is 5.73 Å². The predicted molar refractivity (Wildman–Crippen MR) is 64.9 cm³/mol. The molecule has 1 atom stereocenters. The van der Waals surface area contributed by atoms with Crippen LogP contribution in [0.3, 0.4) is 0 Å². The van der Waals surface area contributed by atoms with Crippen LogP contribution in [0.1, 0.15) is 44.9 Å². The van der Waals surface area contributed by atoms with E-state index in [1.165, 1.54) is 25.7 Å². The lowest BCUT2D eigenvalue weighted by Crippen LogP contribution is -2.39. The lowest BCUT2D eigenvalue weighted by molar-refractivity contribution is -0.131. The zero-order chi connectivity index (χ0) is 11.6. The summed E-state index contributed by atoms with van der Waals surface area (Å²) in [5, 5.41) is 0. The lowest BCUT2D eigenvalue weighted by Gasteiger charge is -2.36. The summed E-state index contributed by atoms with van der Waals surface area (Å²) in [5.74, 6) is 1.00. The van der Waals surface area contributed by atoms with E-state index in [9.17, 15) is 4.79 Å². The molecule has 2 fully saturated rings. The maximum Gasteiger partial charge on any atom is 0.222 e. The van der Waals surface area contributed by atoms with Gasteiger partial charge in [-0.15, -0.1) is 0 Å². The second-order valence-corrected chi connectivity index (χ2v) is 5.64. The minimum atomic E-state index is 0.123. The lowest BCUT2D eigenvalue weighted by atomic mass is 9.69. The second kappa shape index (κ2) is 4.74. The molecule has 3 nitrogen and oxygen atoms in total. The molecule has 0 aromatic rings. The van der Waals surface area contributed by atoms with Crippen LogP contribution in [0, 0.1) is 11.3 Å². The van der Waals surface area contributed by atoms with Crippen molar-refractivity contribution in [3.8, 4) is 0 Å². The van der Waals surface area contributed by atoms with Gasteiger partial charge in [-0.3, -0.25) is 4.79 Å². The Morgan fingerprint density at radius 1 is 1.38 bits per heavy atom. The summed E-state index contributed by atoms with van der Waals surface area (Å²) in [6.45, 7) is 1.60. The molecule has 0 spiro atoms. The first-order valence-electron chi connectivity index (χ1n) is 6.62. The van der Waals surface area contributed by atoms with Crippen molar-refractivity contribution in [3.05, 3.63) is 0 Å². The first kappa shape index (κ1) is 11.9. The largest absolute Gasteiger partial charge is 0.346 e. The quantitative estimate of drug-likeness (QED) is 0.777. The molecule has 1 unspecified atom stereocenters. The highest BCUT2D eigenvalue weighted by molar-refractivity contribution is 5.77. The average Bonchev–Trinajstić information content (AvgIpc) is 2.76. The number of hydrogen-bond donors (Lipinski definition) is 1. The highest BCUT2D eigenvalue weighted by atomic mass is 16.2. The van der Waals surface area contributed by atoms with Crippen molar-refractivity contribution in [2.45, 2.75) is 44.9 Å². The molecule has 0 bridgehead atoms. The molecule has 1 heterocycles. The molecule has 16 heavy (non-hydrogen) atoms. The van der Waals surface area contributed by atoms with Crippen LogP contribution in [-0.4, -0.2) is 30.9 Å². The summed E-state index contributed by atoms with van der Waals surface area (Å²) in [7, 11) is 1.92. The minimum absolute atomic E-state index is 0.123. The molecule has 1 amide bonds. The van der Waals surface area contributed by atoms with Crippen LogP contribution in [0.25, 0.3) is 0 Å². The van der Waals surface area contributed by atoms with E-state index in [0.717, 1.165) is 19.4 Å². The molecule has 0 aromatic heterocycles. The van der Waals surface area contributed by atoms with Gasteiger partial charge in [0.15, 0.2) is 0 Å². The maximum absolute atomic E-state index is 12.0. The van der Waals surface area contributed by atoms with Gasteiger partial charge in [-0.05, 0) is 43.6 Å². The molecule has 1 aliphatic carbocycles. The van der Waals surface area contributed by atoms with Gasteiger partial charge < -0.3 is 10.6 Å². The Kier molecular flexibility index (Phi) is 3.53. The number of carbonyl (C=O) groups excluding carboxylic acids is 1. The van der Waals surface area contributed by atoms with E-state index in [-0.39, 0.29) is 5.41 Å². The molecular weight excluding hydrogens is 200 g/mol. The van der Waals surface area contributed by atoms with Crippen LogP contribution in [-0.2, 0) is 4.79 Å². The third-order valence-corrected chi connectivity index (χ3v) is 4.72. The number of amides is 1. The molecule has 3 heteroatoms. The highest BCUT2D eigenvalue weighted by Crippen LogP contribution is 2.46. The molecule has 1 saturated carbocycles. The highest BCUT2D eigenvalue weighted by Gasteiger charge is 2.42. The van der Waals surface area contributed by atoms with Crippen LogP contribution >= 0.6 is 0 Å². The monoisotopic (exact) mass is 224 g/mol. The molecule has 1 saturated heterocycles. The van der Waals surface area contributed by atoms with E-state index < -0.39 is 0 Å². The number of hydrogen-bond acceptors (Lipinski definition) is 2. The van der Waals surface area contributed by atoms with Gasteiger partial charge in [0, 0.05) is 20.0 Å². The van der Waals surface area contributed by atoms with Crippen LogP contribution in [0.4, 0.5) is 0 Å². The molecule has 2 aliphatic rings. The van der Waals surface area contributed by atoms with Gasteiger partial charge >= 0.3 is 0 Å². The van der Waals surface area contributed by atoms with Gasteiger partial charge in [0.05, 0.1) is 0 Å². The fraction of sp³-hybridized carbons (Fsp3) is 0.923.